The summed E-state index contributed by atoms with van der Waals surface area (Å²) in [5.74, 6) is -0.359. The molecule has 0 saturated heterocycles. The van der Waals surface area contributed by atoms with Gasteiger partial charge in [-0.2, -0.15) is 0 Å². The van der Waals surface area contributed by atoms with Crippen molar-refractivity contribution in [3.8, 4) is 0 Å². The fourth-order valence-electron chi connectivity index (χ4n) is 2.48. The molecule has 0 bridgehead atoms. The highest BCUT2D eigenvalue weighted by atomic mass is 35.5. The van der Waals surface area contributed by atoms with Gasteiger partial charge in [-0.15, -0.1) is 12.4 Å². The summed E-state index contributed by atoms with van der Waals surface area (Å²) in [7, 11) is 1.61. The van der Waals surface area contributed by atoms with Gasteiger partial charge in [0.25, 0.3) is 11.8 Å². The van der Waals surface area contributed by atoms with E-state index in [-0.39, 0.29) is 30.0 Å². The zero-order valence-electron chi connectivity index (χ0n) is 15.3. The largest absolute Gasteiger partial charge is 0.459 e. The number of benzene rings is 1. The number of nitrogens with one attached hydrogen (secondary N) is 1. The Morgan fingerprint density at radius 1 is 1.15 bits per heavy atom. The Kier molecular flexibility index (Phi) is 7.86. The van der Waals surface area contributed by atoms with Crippen LogP contribution in [-0.2, 0) is 0 Å². The zero-order chi connectivity index (χ0) is 18.4. The monoisotopic (exact) mass is 379 g/mol. The Labute approximate surface area is 160 Å². The number of carbonyl (C=O) groups excluding carboxylic acids is 2. The molecule has 2 rings (SSSR count). The van der Waals surface area contributed by atoms with E-state index >= 15 is 0 Å². The molecule has 6 nitrogen and oxygen atoms in total. The summed E-state index contributed by atoms with van der Waals surface area (Å²) in [4.78, 5) is 26.5. The molecule has 0 atom stereocenters. The number of carbonyl (C=O) groups is 2. The molecule has 1 aromatic carbocycles. The van der Waals surface area contributed by atoms with E-state index in [4.69, 9.17) is 10.2 Å². The summed E-state index contributed by atoms with van der Waals surface area (Å²) >= 11 is 0. The SMILES string of the molecule is CCC(N)(CC)CNC(=O)c1ccccc1N(C)C(=O)c1ccco1.Cl. The molecule has 0 aliphatic heterocycles. The van der Waals surface area contributed by atoms with Crippen molar-refractivity contribution in [2.75, 3.05) is 18.5 Å². The Morgan fingerprint density at radius 2 is 1.81 bits per heavy atom. The third-order valence-electron chi connectivity index (χ3n) is 4.56. The minimum absolute atomic E-state index is 0. The van der Waals surface area contributed by atoms with Gasteiger partial charge >= 0.3 is 0 Å². The lowest BCUT2D eigenvalue weighted by Gasteiger charge is -2.27. The van der Waals surface area contributed by atoms with Crippen molar-refractivity contribution in [1.29, 1.82) is 0 Å². The molecule has 0 aliphatic carbocycles. The Balaban J connectivity index is 0.00000338. The molecular weight excluding hydrogens is 354 g/mol. The van der Waals surface area contributed by atoms with Crippen LogP contribution in [0.1, 0.15) is 47.6 Å². The smallest absolute Gasteiger partial charge is 0.293 e. The zero-order valence-corrected chi connectivity index (χ0v) is 16.1. The quantitative estimate of drug-likeness (QED) is 0.773. The van der Waals surface area contributed by atoms with Gasteiger partial charge < -0.3 is 20.4 Å². The number of halogens is 1. The van der Waals surface area contributed by atoms with E-state index < -0.39 is 5.54 Å². The number of amides is 2. The maximum absolute atomic E-state index is 12.6. The molecule has 0 fully saturated rings. The first-order chi connectivity index (χ1) is 11.9. The third-order valence-corrected chi connectivity index (χ3v) is 4.56. The van der Waals surface area contributed by atoms with E-state index in [0.717, 1.165) is 12.8 Å². The van der Waals surface area contributed by atoms with E-state index in [1.54, 1.807) is 43.4 Å². The van der Waals surface area contributed by atoms with Crippen molar-refractivity contribution in [3.05, 3.63) is 54.0 Å². The highest BCUT2D eigenvalue weighted by Crippen LogP contribution is 2.21. The molecule has 26 heavy (non-hydrogen) atoms. The second kappa shape index (κ2) is 9.40. The van der Waals surface area contributed by atoms with Crippen LogP contribution in [0.5, 0.6) is 0 Å². The van der Waals surface area contributed by atoms with Gasteiger partial charge in [0.15, 0.2) is 5.76 Å². The van der Waals surface area contributed by atoms with Crippen LogP contribution in [0.2, 0.25) is 0 Å². The molecule has 0 saturated carbocycles. The van der Waals surface area contributed by atoms with E-state index in [2.05, 4.69) is 5.32 Å². The number of furan rings is 1. The highest BCUT2D eigenvalue weighted by Gasteiger charge is 2.24. The van der Waals surface area contributed by atoms with Crippen LogP contribution in [0.25, 0.3) is 0 Å². The number of para-hydroxylation sites is 1. The second-order valence-electron chi connectivity index (χ2n) is 6.11. The summed E-state index contributed by atoms with van der Waals surface area (Å²) in [5.41, 5.74) is 6.74. The van der Waals surface area contributed by atoms with Gasteiger partial charge in [-0.05, 0) is 37.1 Å². The predicted octanol–water partition coefficient (Wildman–Crippen LogP) is 3.23. The minimum atomic E-state index is -0.430. The lowest BCUT2D eigenvalue weighted by atomic mass is 9.94. The third kappa shape index (κ3) is 4.86. The lowest BCUT2D eigenvalue weighted by Crippen LogP contribution is -2.49. The van der Waals surface area contributed by atoms with Crippen molar-refractivity contribution < 1.29 is 14.0 Å². The standard InChI is InChI=1S/C19H25N3O3.ClH/c1-4-19(20,5-2)13-21-17(23)14-9-6-7-10-15(14)22(3)18(24)16-11-8-12-25-16;/h6-12H,4-5,13,20H2,1-3H3,(H,21,23);1H. The van der Waals surface area contributed by atoms with Crippen molar-refractivity contribution in [1.82, 2.24) is 5.32 Å². The number of hydrogen-bond donors (Lipinski definition) is 2. The molecule has 0 spiro atoms. The van der Waals surface area contributed by atoms with E-state index in [9.17, 15) is 9.59 Å². The summed E-state index contributed by atoms with van der Waals surface area (Å²) in [6, 6.07) is 10.2. The average Bonchev–Trinajstić information content (AvgIpc) is 3.19. The molecule has 0 aliphatic rings. The summed E-state index contributed by atoms with van der Waals surface area (Å²) < 4.78 is 5.15. The van der Waals surface area contributed by atoms with Gasteiger partial charge in [0.2, 0.25) is 0 Å². The molecule has 142 valence electrons. The fraction of sp³-hybridized carbons (Fsp3) is 0.368. The van der Waals surface area contributed by atoms with Crippen molar-refractivity contribution in [2.24, 2.45) is 5.73 Å². The average molecular weight is 380 g/mol. The van der Waals surface area contributed by atoms with Crippen molar-refractivity contribution in [3.63, 3.8) is 0 Å². The summed E-state index contributed by atoms with van der Waals surface area (Å²) in [6.45, 7) is 4.38. The summed E-state index contributed by atoms with van der Waals surface area (Å²) in [6.07, 6.45) is 2.97. The topological polar surface area (TPSA) is 88.6 Å². The molecule has 7 heteroatoms. The van der Waals surface area contributed by atoms with E-state index in [1.807, 2.05) is 13.8 Å². The number of anilines is 1. The van der Waals surface area contributed by atoms with Gasteiger partial charge in [-0.1, -0.05) is 26.0 Å². The molecule has 2 amide bonds. The van der Waals surface area contributed by atoms with E-state index in [0.29, 0.717) is 17.8 Å². The number of nitrogens with zero attached hydrogens (tertiary/aromatic N) is 1. The number of hydrogen-bond acceptors (Lipinski definition) is 4. The molecule has 0 unspecified atom stereocenters. The van der Waals surface area contributed by atoms with Crippen LogP contribution in [0.3, 0.4) is 0 Å². The second-order valence-corrected chi connectivity index (χ2v) is 6.11. The molecule has 0 radical (unpaired) electrons. The Morgan fingerprint density at radius 3 is 2.38 bits per heavy atom. The first-order valence-electron chi connectivity index (χ1n) is 8.39. The fourth-order valence-corrected chi connectivity index (χ4v) is 2.48. The van der Waals surface area contributed by atoms with Gasteiger partial charge in [-0.3, -0.25) is 9.59 Å². The number of nitrogens with two attached hydrogens (primary N) is 1. The normalized spacial score (nSPS) is 10.8. The first-order valence-corrected chi connectivity index (χ1v) is 8.39. The Hall–Kier alpha value is -2.31. The van der Waals surface area contributed by atoms with Crippen LogP contribution >= 0.6 is 12.4 Å². The summed E-state index contributed by atoms with van der Waals surface area (Å²) in [5, 5.41) is 2.89. The molecule has 1 aromatic heterocycles. The molecule has 2 aromatic rings. The van der Waals surface area contributed by atoms with Gasteiger partial charge in [0.05, 0.1) is 17.5 Å². The van der Waals surface area contributed by atoms with Gasteiger partial charge in [0, 0.05) is 19.1 Å². The number of rotatable bonds is 7. The van der Waals surface area contributed by atoms with Gasteiger partial charge in [0.1, 0.15) is 0 Å². The van der Waals surface area contributed by atoms with Crippen LogP contribution in [0.4, 0.5) is 5.69 Å². The van der Waals surface area contributed by atoms with Crippen LogP contribution in [0, 0.1) is 0 Å². The van der Waals surface area contributed by atoms with E-state index in [1.165, 1.54) is 11.2 Å². The highest BCUT2D eigenvalue weighted by molar-refractivity contribution is 6.09. The Bertz CT molecular complexity index is 727. The maximum atomic E-state index is 12.6. The van der Waals surface area contributed by atoms with Gasteiger partial charge in [-0.25, -0.2) is 0 Å². The minimum Gasteiger partial charge on any atom is -0.459 e. The lowest BCUT2D eigenvalue weighted by molar-refractivity contribution is 0.0942. The van der Waals surface area contributed by atoms with Crippen LogP contribution in [0.15, 0.2) is 47.1 Å². The molecule has 3 N–H and O–H groups in total. The molecular formula is C19H26ClN3O3. The first kappa shape index (κ1) is 21.7. The maximum Gasteiger partial charge on any atom is 0.293 e. The predicted molar refractivity (Wildman–Crippen MR) is 105 cm³/mol. The van der Waals surface area contributed by atoms with Crippen LogP contribution < -0.4 is 16.0 Å². The van der Waals surface area contributed by atoms with Crippen LogP contribution in [-0.4, -0.2) is 30.9 Å². The van der Waals surface area contributed by atoms with Crippen molar-refractivity contribution in [2.45, 2.75) is 32.2 Å². The van der Waals surface area contributed by atoms with Crippen molar-refractivity contribution >= 4 is 29.9 Å². The molecule has 1 heterocycles.